The maximum atomic E-state index is 2.43. The summed E-state index contributed by atoms with van der Waals surface area (Å²) in [7, 11) is 4.26. The van der Waals surface area contributed by atoms with Crippen molar-refractivity contribution in [1.82, 2.24) is 4.90 Å². The van der Waals surface area contributed by atoms with E-state index in [1.54, 1.807) is 0 Å². The van der Waals surface area contributed by atoms with Crippen LogP contribution in [-0.2, 0) is 12.0 Å². The Labute approximate surface area is 228 Å². The molecule has 0 saturated carbocycles. The smallest absolute Gasteiger partial charge is 0.0713 e. The molecule has 0 heterocycles. The van der Waals surface area contributed by atoms with Crippen LogP contribution in [-0.4, -0.2) is 19.0 Å². The van der Waals surface area contributed by atoms with Crippen LogP contribution in [0.15, 0.2) is 103 Å². The summed E-state index contributed by atoms with van der Waals surface area (Å²) in [5, 5.41) is 0. The summed E-state index contributed by atoms with van der Waals surface area (Å²) in [4.78, 5) is 2.23. The third-order valence-corrected chi connectivity index (χ3v) is 6.02. The molecule has 0 fully saturated rings. The second kappa shape index (κ2) is 16.6. The Morgan fingerprint density at radius 3 is 1.41 bits per heavy atom. The molecule has 0 atom stereocenters. The van der Waals surface area contributed by atoms with Gasteiger partial charge in [0, 0.05) is 6.54 Å². The van der Waals surface area contributed by atoms with E-state index in [0.29, 0.717) is 0 Å². The van der Waals surface area contributed by atoms with Crippen LogP contribution in [0.1, 0.15) is 83.2 Å². The van der Waals surface area contributed by atoms with Gasteiger partial charge in [0.2, 0.25) is 0 Å². The van der Waals surface area contributed by atoms with Crippen LogP contribution >= 0.6 is 0 Å². The Hall–Kier alpha value is -3.16. The van der Waals surface area contributed by atoms with E-state index < -0.39 is 0 Å². The molecule has 0 saturated heterocycles. The molecule has 0 unspecified atom stereocenters. The maximum Gasteiger partial charge on any atom is 0.0713 e. The van der Waals surface area contributed by atoms with E-state index in [-0.39, 0.29) is 5.41 Å². The van der Waals surface area contributed by atoms with Crippen molar-refractivity contribution in [2.45, 2.75) is 67.3 Å². The predicted octanol–water partition coefficient (Wildman–Crippen LogP) is 10.2. The lowest BCUT2D eigenvalue weighted by molar-refractivity contribution is 0.402. The Morgan fingerprint density at radius 1 is 0.486 bits per heavy atom. The molecule has 0 amide bonds. The second-order valence-electron chi connectivity index (χ2n) is 8.15. The highest BCUT2D eigenvalue weighted by molar-refractivity contribution is 5.86. The highest BCUT2D eigenvalue weighted by Crippen LogP contribution is 2.56. The molecule has 1 aliphatic rings. The summed E-state index contributed by atoms with van der Waals surface area (Å²) < 4.78 is 0. The van der Waals surface area contributed by atoms with E-state index in [1.807, 2.05) is 55.4 Å². The second-order valence-corrected chi connectivity index (χ2v) is 8.15. The average Bonchev–Trinajstić information content (AvgIpc) is 3.28. The van der Waals surface area contributed by atoms with Gasteiger partial charge >= 0.3 is 0 Å². The van der Waals surface area contributed by atoms with Gasteiger partial charge in [-0.1, -0.05) is 159 Å². The van der Waals surface area contributed by atoms with Gasteiger partial charge in [0.25, 0.3) is 0 Å². The number of nitrogens with zero attached hydrogens (tertiary/aromatic N) is 1. The fourth-order valence-corrected chi connectivity index (χ4v) is 4.96. The van der Waals surface area contributed by atoms with Crippen LogP contribution in [0.3, 0.4) is 0 Å². The zero-order valence-corrected chi connectivity index (χ0v) is 25.0. The molecule has 0 radical (unpaired) electrons. The first-order valence-corrected chi connectivity index (χ1v) is 14.2. The molecule has 5 rings (SSSR count). The van der Waals surface area contributed by atoms with E-state index in [4.69, 9.17) is 0 Å². The van der Waals surface area contributed by atoms with E-state index in [1.165, 1.54) is 38.9 Å². The topological polar surface area (TPSA) is 3.24 Å². The molecule has 4 aromatic carbocycles. The first-order valence-electron chi connectivity index (χ1n) is 14.2. The molecule has 1 aliphatic carbocycles. The van der Waals surface area contributed by atoms with Gasteiger partial charge < -0.3 is 4.90 Å². The fourth-order valence-electron chi connectivity index (χ4n) is 4.96. The van der Waals surface area contributed by atoms with E-state index in [9.17, 15) is 0 Å². The summed E-state index contributed by atoms with van der Waals surface area (Å²) in [5.74, 6) is 0. The minimum absolute atomic E-state index is 0.295. The molecule has 0 aliphatic heterocycles. The summed E-state index contributed by atoms with van der Waals surface area (Å²) in [5.41, 5.74) is 9.13. The quantitative estimate of drug-likeness (QED) is 0.240. The van der Waals surface area contributed by atoms with E-state index in [0.717, 1.165) is 6.54 Å². The molecular weight excluding hydrogens is 446 g/mol. The summed E-state index contributed by atoms with van der Waals surface area (Å²) in [6, 6.07) is 37.9. The predicted molar refractivity (Wildman–Crippen MR) is 167 cm³/mol. The monoisotopic (exact) mass is 495 g/mol. The van der Waals surface area contributed by atoms with Gasteiger partial charge in [-0.05, 0) is 53.0 Å². The van der Waals surface area contributed by atoms with Gasteiger partial charge in [-0.2, -0.15) is 0 Å². The van der Waals surface area contributed by atoms with Gasteiger partial charge in [0.15, 0.2) is 0 Å². The van der Waals surface area contributed by atoms with Crippen molar-refractivity contribution >= 4 is 0 Å². The summed E-state index contributed by atoms with van der Waals surface area (Å²) in [6.07, 6.45) is 0. The number of hydrogen-bond donors (Lipinski definition) is 0. The third kappa shape index (κ3) is 6.59. The maximum absolute atomic E-state index is 2.43. The average molecular weight is 496 g/mol. The van der Waals surface area contributed by atoms with Crippen LogP contribution in [0.4, 0.5) is 0 Å². The normalized spacial score (nSPS) is 11.5. The van der Waals surface area contributed by atoms with Crippen LogP contribution in [0.2, 0.25) is 0 Å². The molecule has 0 aromatic heterocycles. The molecular formula is C36H49N. The van der Waals surface area contributed by atoms with Crippen molar-refractivity contribution in [1.29, 1.82) is 0 Å². The lowest BCUT2D eigenvalue weighted by Gasteiger charge is -2.34. The lowest BCUT2D eigenvalue weighted by atomic mass is 9.67. The Morgan fingerprint density at radius 2 is 0.919 bits per heavy atom. The van der Waals surface area contributed by atoms with E-state index in [2.05, 4.69) is 122 Å². The Balaban J connectivity index is 0.000000784. The Bertz CT molecular complexity index is 1100. The van der Waals surface area contributed by atoms with Crippen molar-refractivity contribution in [2.75, 3.05) is 14.1 Å². The molecule has 1 nitrogen and oxygen atoms in total. The highest BCUT2D eigenvalue weighted by Gasteiger charge is 2.45. The third-order valence-electron chi connectivity index (χ3n) is 6.02. The first-order chi connectivity index (χ1) is 18.2. The van der Waals surface area contributed by atoms with Gasteiger partial charge in [0.1, 0.15) is 0 Å². The van der Waals surface area contributed by atoms with Crippen LogP contribution in [0, 0.1) is 0 Å². The largest absolute Gasteiger partial charge is 0.305 e. The molecule has 0 bridgehead atoms. The molecule has 37 heavy (non-hydrogen) atoms. The standard InChI is InChI=1S/C28H25N.4C2H6/c1-29(2)20-21-17-18-25-24-15-9-10-16-26(24)28(27(25)19-21,22-11-5-3-6-12-22)23-13-7-4-8-14-23;4*1-2/h3-19H,20H2,1-2H3;4*1-2H3. The minimum atomic E-state index is -0.295. The van der Waals surface area contributed by atoms with Crippen LogP contribution in [0.5, 0.6) is 0 Å². The number of fused-ring (bicyclic) bond motifs is 3. The van der Waals surface area contributed by atoms with Crippen molar-refractivity contribution in [3.8, 4) is 11.1 Å². The van der Waals surface area contributed by atoms with Gasteiger partial charge in [-0.25, -0.2) is 0 Å². The number of benzene rings is 4. The fraction of sp³-hybridized carbons (Fsp3) is 0.333. The minimum Gasteiger partial charge on any atom is -0.305 e. The molecule has 4 aromatic rings. The van der Waals surface area contributed by atoms with Crippen molar-refractivity contribution < 1.29 is 0 Å². The van der Waals surface area contributed by atoms with Gasteiger partial charge in [-0.15, -0.1) is 0 Å². The van der Waals surface area contributed by atoms with Crippen LogP contribution in [0.25, 0.3) is 11.1 Å². The van der Waals surface area contributed by atoms with Crippen molar-refractivity contribution in [3.05, 3.63) is 131 Å². The van der Waals surface area contributed by atoms with Crippen LogP contribution < -0.4 is 0 Å². The zero-order chi connectivity index (χ0) is 27.8. The van der Waals surface area contributed by atoms with Gasteiger partial charge in [0.05, 0.1) is 5.41 Å². The van der Waals surface area contributed by atoms with Gasteiger partial charge in [-0.3, -0.25) is 0 Å². The molecule has 0 N–H and O–H groups in total. The molecule has 198 valence electrons. The SMILES string of the molecule is CC.CC.CC.CC.CN(C)Cc1ccc2c(c1)C(c1ccccc1)(c1ccccc1)c1ccccc1-2. The molecule has 1 heteroatoms. The lowest BCUT2D eigenvalue weighted by Crippen LogP contribution is -2.28. The molecule has 0 spiro atoms. The zero-order valence-electron chi connectivity index (χ0n) is 25.0. The summed E-state index contributed by atoms with van der Waals surface area (Å²) >= 11 is 0. The number of rotatable bonds is 4. The first kappa shape index (κ1) is 31.9. The number of hydrogen-bond acceptors (Lipinski definition) is 1. The van der Waals surface area contributed by atoms with E-state index >= 15 is 0 Å². The Kier molecular flexibility index (Phi) is 14.3. The summed E-state index contributed by atoms with van der Waals surface area (Å²) in [6.45, 7) is 16.9. The van der Waals surface area contributed by atoms with Crippen molar-refractivity contribution in [2.24, 2.45) is 0 Å². The van der Waals surface area contributed by atoms with Crippen molar-refractivity contribution in [3.63, 3.8) is 0 Å². The highest BCUT2D eigenvalue weighted by atomic mass is 15.0.